The molecule has 0 radical (unpaired) electrons. The fraction of sp³-hybridized carbons (Fsp3) is 0.316. The van der Waals surface area contributed by atoms with Gasteiger partial charge < -0.3 is 0 Å². The Hall–Kier alpha value is -1.89. The molecule has 0 heterocycles. The van der Waals surface area contributed by atoms with E-state index in [-0.39, 0.29) is 5.92 Å². The molecule has 2 aromatic rings. The molecule has 2 atom stereocenters. The summed E-state index contributed by atoms with van der Waals surface area (Å²) in [5.41, 5.74) is 3.13. The largest absolute Gasteiger partial charge is 0.298 e. The lowest BCUT2D eigenvalue weighted by Crippen LogP contribution is -2.33. The van der Waals surface area contributed by atoms with Gasteiger partial charge in [0.1, 0.15) is 0 Å². The van der Waals surface area contributed by atoms with Crippen LogP contribution in [0.2, 0.25) is 0 Å². The zero-order valence-electron chi connectivity index (χ0n) is 12.1. The first kappa shape index (κ1) is 13.1. The highest BCUT2D eigenvalue weighted by atomic mass is 16.1. The Morgan fingerprint density at radius 2 is 1.60 bits per heavy atom. The van der Waals surface area contributed by atoms with Crippen LogP contribution in [0.25, 0.3) is 0 Å². The second-order valence-electron chi connectivity index (χ2n) is 5.54. The van der Waals surface area contributed by atoms with Gasteiger partial charge in [0, 0.05) is 5.92 Å². The predicted molar refractivity (Wildman–Crippen MR) is 82.0 cm³/mol. The third-order valence-corrected chi connectivity index (χ3v) is 4.74. The van der Waals surface area contributed by atoms with Crippen molar-refractivity contribution in [2.45, 2.75) is 38.0 Å². The lowest BCUT2D eigenvalue weighted by Gasteiger charge is -2.28. The van der Waals surface area contributed by atoms with E-state index >= 15 is 0 Å². The van der Waals surface area contributed by atoms with Gasteiger partial charge in [-0.2, -0.15) is 0 Å². The molecular formula is C19H20O. The van der Waals surface area contributed by atoms with Crippen molar-refractivity contribution in [3.8, 4) is 0 Å². The van der Waals surface area contributed by atoms with Crippen molar-refractivity contribution in [1.82, 2.24) is 0 Å². The molecule has 0 bridgehead atoms. The van der Waals surface area contributed by atoms with E-state index in [1.165, 1.54) is 11.1 Å². The lowest BCUT2D eigenvalue weighted by atomic mass is 9.72. The summed E-state index contributed by atoms with van der Waals surface area (Å²) in [5, 5.41) is 0. The van der Waals surface area contributed by atoms with E-state index in [1.54, 1.807) is 0 Å². The minimum absolute atomic E-state index is 0.0476. The molecule has 0 saturated heterocycles. The number of benzene rings is 2. The molecule has 0 amide bonds. The van der Waals surface area contributed by atoms with E-state index in [2.05, 4.69) is 44.2 Å². The van der Waals surface area contributed by atoms with Crippen LogP contribution in [-0.4, -0.2) is 5.78 Å². The van der Waals surface area contributed by atoms with Crippen molar-refractivity contribution in [1.29, 1.82) is 0 Å². The fourth-order valence-electron chi connectivity index (χ4n) is 3.76. The van der Waals surface area contributed by atoms with Crippen molar-refractivity contribution >= 4 is 5.78 Å². The molecule has 1 aliphatic rings. The van der Waals surface area contributed by atoms with Gasteiger partial charge in [0.15, 0.2) is 5.78 Å². The number of ketones is 1. The van der Waals surface area contributed by atoms with Crippen LogP contribution >= 0.6 is 0 Å². The molecule has 0 aliphatic heterocycles. The van der Waals surface area contributed by atoms with Crippen molar-refractivity contribution in [3.63, 3.8) is 0 Å². The van der Waals surface area contributed by atoms with Crippen LogP contribution in [0.1, 0.15) is 49.3 Å². The topological polar surface area (TPSA) is 17.1 Å². The number of rotatable bonds is 3. The molecule has 0 spiro atoms. The maximum atomic E-state index is 13.1. The fourth-order valence-corrected chi connectivity index (χ4v) is 3.76. The van der Waals surface area contributed by atoms with E-state index in [9.17, 15) is 4.79 Å². The van der Waals surface area contributed by atoms with Crippen LogP contribution in [0, 0.1) is 0 Å². The molecule has 2 aromatic carbocycles. The molecule has 20 heavy (non-hydrogen) atoms. The molecule has 0 saturated carbocycles. The predicted octanol–water partition coefficient (Wildman–Crippen LogP) is 4.46. The second-order valence-corrected chi connectivity index (χ2v) is 5.54. The minimum atomic E-state index is -0.446. The summed E-state index contributed by atoms with van der Waals surface area (Å²) < 4.78 is 0. The third kappa shape index (κ3) is 1.59. The standard InChI is InChI=1S/C19H20O/c1-3-15-16-12-8-9-13-17(16)19(4-2,18(15)20)14-10-6-5-7-11-14/h5-13,15H,3-4H2,1-2H3/t15-,19-/m0/s1. The Morgan fingerprint density at radius 1 is 0.950 bits per heavy atom. The van der Waals surface area contributed by atoms with Gasteiger partial charge >= 0.3 is 0 Å². The number of carbonyl (C=O) groups is 1. The number of fused-ring (bicyclic) bond motifs is 1. The monoisotopic (exact) mass is 264 g/mol. The molecule has 1 nitrogen and oxygen atoms in total. The number of Topliss-reactive ketones (excluding diaryl/α,β-unsaturated/α-hetero) is 1. The average molecular weight is 264 g/mol. The zero-order valence-corrected chi connectivity index (χ0v) is 12.1. The number of hydrogen-bond donors (Lipinski definition) is 0. The number of carbonyl (C=O) groups excluding carboxylic acids is 1. The Labute approximate surface area is 120 Å². The van der Waals surface area contributed by atoms with E-state index in [0.717, 1.165) is 18.4 Å². The normalized spacial score (nSPS) is 24.7. The Morgan fingerprint density at radius 3 is 2.25 bits per heavy atom. The molecule has 1 aliphatic carbocycles. The van der Waals surface area contributed by atoms with Gasteiger partial charge in [-0.25, -0.2) is 0 Å². The average Bonchev–Trinajstić information content (AvgIpc) is 2.76. The minimum Gasteiger partial charge on any atom is -0.298 e. The maximum absolute atomic E-state index is 13.1. The summed E-state index contributed by atoms with van der Waals surface area (Å²) in [4.78, 5) is 13.1. The van der Waals surface area contributed by atoms with E-state index in [0.29, 0.717) is 5.78 Å². The highest BCUT2D eigenvalue weighted by Gasteiger charge is 2.50. The van der Waals surface area contributed by atoms with Gasteiger partial charge in [0.25, 0.3) is 0 Å². The highest BCUT2D eigenvalue weighted by Crippen LogP contribution is 2.50. The van der Waals surface area contributed by atoms with Gasteiger partial charge in [-0.3, -0.25) is 4.79 Å². The Bertz CT molecular complexity index is 629. The molecule has 0 aromatic heterocycles. The lowest BCUT2D eigenvalue weighted by molar-refractivity contribution is -0.123. The molecule has 0 N–H and O–H groups in total. The highest BCUT2D eigenvalue weighted by molar-refractivity contribution is 6.03. The summed E-state index contributed by atoms with van der Waals surface area (Å²) in [6.07, 6.45) is 1.70. The SMILES string of the molecule is CC[C@@H]1C(=O)[C@@](CC)(c2ccccc2)c2ccccc21. The van der Waals surface area contributed by atoms with Crippen LogP contribution in [0.4, 0.5) is 0 Å². The molecular weight excluding hydrogens is 244 g/mol. The first-order valence-electron chi connectivity index (χ1n) is 7.45. The van der Waals surface area contributed by atoms with Crippen LogP contribution in [0.3, 0.4) is 0 Å². The summed E-state index contributed by atoms with van der Waals surface area (Å²) in [6.45, 7) is 4.23. The first-order valence-corrected chi connectivity index (χ1v) is 7.45. The zero-order chi connectivity index (χ0) is 14.2. The Balaban J connectivity index is 2.29. The van der Waals surface area contributed by atoms with Crippen LogP contribution in [0.5, 0.6) is 0 Å². The van der Waals surface area contributed by atoms with Crippen LogP contribution in [0.15, 0.2) is 54.6 Å². The van der Waals surface area contributed by atoms with Crippen LogP contribution < -0.4 is 0 Å². The van der Waals surface area contributed by atoms with Gasteiger partial charge in [-0.15, -0.1) is 0 Å². The van der Waals surface area contributed by atoms with Crippen LogP contribution in [-0.2, 0) is 10.2 Å². The smallest absolute Gasteiger partial charge is 0.155 e. The maximum Gasteiger partial charge on any atom is 0.155 e. The summed E-state index contributed by atoms with van der Waals surface area (Å²) >= 11 is 0. The Kier molecular flexibility index (Phi) is 3.21. The van der Waals surface area contributed by atoms with Gasteiger partial charge in [0.05, 0.1) is 5.41 Å². The van der Waals surface area contributed by atoms with Crippen molar-refractivity contribution < 1.29 is 4.79 Å². The van der Waals surface area contributed by atoms with Crippen molar-refractivity contribution in [2.24, 2.45) is 0 Å². The van der Waals surface area contributed by atoms with Gasteiger partial charge in [-0.05, 0) is 29.5 Å². The quantitative estimate of drug-likeness (QED) is 0.800. The molecule has 0 unspecified atom stereocenters. The van der Waals surface area contributed by atoms with Crippen molar-refractivity contribution in [3.05, 3.63) is 71.3 Å². The molecule has 0 fully saturated rings. The van der Waals surface area contributed by atoms with Crippen molar-refractivity contribution in [2.75, 3.05) is 0 Å². The molecule has 3 rings (SSSR count). The summed E-state index contributed by atoms with van der Waals surface area (Å²) in [5.74, 6) is 0.418. The van der Waals surface area contributed by atoms with E-state index in [4.69, 9.17) is 0 Å². The van der Waals surface area contributed by atoms with Gasteiger partial charge in [-0.1, -0.05) is 68.4 Å². The first-order chi connectivity index (χ1) is 9.75. The third-order valence-electron chi connectivity index (χ3n) is 4.74. The summed E-state index contributed by atoms with van der Waals surface area (Å²) in [6, 6.07) is 18.6. The molecule has 102 valence electrons. The van der Waals surface area contributed by atoms with E-state index in [1.807, 2.05) is 24.3 Å². The van der Waals surface area contributed by atoms with Gasteiger partial charge in [0.2, 0.25) is 0 Å². The molecule has 1 heteroatoms. The number of hydrogen-bond acceptors (Lipinski definition) is 1. The van der Waals surface area contributed by atoms with E-state index < -0.39 is 5.41 Å². The summed E-state index contributed by atoms with van der Waals surface area (Å²) in [7, 11) is 0. The second kappa shape index (κ2) is 4.90.